The molecular weight excluding hydrogens is 901 g/mol. The molecule has 0 spiro atoms. The molecule has 0 heterocycles. The van der Waals surface area contributed by atoms with Crippen LogP contribution in [-0.2, 0) is 28.6 Å². The highest BCUT2D eigenvalue weighted by molar-refractivity contribution is 5.71. The first-order valence-electron chi connectivity index (χ1n) is 28.8. The fourth-order valence-corrected chi connectivity index (χ4v) is 7.14. The van der Waals surface area contributed by atoms with Gasteiger partial charge in [-0.1, -0.05) is 268 Å². The first-order chi connectivity index (χ1) is 36.0. The Bertz CT molecular complexity index is 1720. The van der Waals surface area contributed by atoms with Crippen molar-refractivity contribution in [3.63, 3.8) is 0 Å². The SMILES string of the molecule is CC/C=C\C/C=C\C/C=C\C/C=C\CCCCCCCCC(=O)OCC(COC(=O)CCCCCCC\C=C/C=C\C=C/C=C\C=C/CCC)OC(=O)CCCCCCC\C=C/C=C\C=C/C=C\C=C/CCC. The van der Waals surface area contributed by atoms with Crippen molar-refractivity contribution in [3.8, 4) is 0 Å². The van der Waals surface area contributed by atoms with Gasteiger partial charge in [-0.2, -0.15) is 0 Å². The first kappa shape index (κ1) is 67.8. The Labute approximate surface area is 447 Å². The predicted octanol–water partition coefficient (Wildman–Crippen LogP) is 19.5. The van der Waals surface area contributed by atoms with E-state index in [1.165, 1.54) is 25.7 Å². The molecule has 73 heavy (non-hydrogen) atoms. The summed E-state index contributed by atoms with van der Waals surface area (Å²) in [6, 6.07) is 0. The van der Waals surface area contributed by atoms with Crippen LogP contribution in [0, 0.1) is 0 Å². The molecule has 0 aromatic rings. The second-order valence-corrected chi connectivity index (χ2v) is 18.4. The first-order valence-corrected chi connectivity index (χ1v) is 28.8. The third-order valence-electron chi connectivity index (χ3n) is 11.4. The molecule has 0 amide bonds. The number of hydrogen-bond donors (Lipinski definition) is 0. The van der Waals surface area contributed by atoms with Crippen LogP contribution in [0.2, 0.25) is 0 Å². The quantitative estimate of drug-likeness (QED) is 0.0199. The van der Waals surface area contributed by atoms with E-state index >= 15 is 0 Å². The molecule has 0 radical (unpaired) electrons. The number of hydrogen-bond acceptors (Lipinski definition) is 6. The van der Waals surface area contributed by atoms with Crippen molar-refractivity contribution < 1.29 is 28.6 Å². The normalized spacial score (nSPS) is 13.4. The van der Waals surface area contributed by atoms with E-state index in [1.807, 2.05) is 72.9 Å². The molecule has 0 rings (SSSR count). The van der Waals surface area contributed by atoms with Crippen LogP contribution in [0.5, 0.6) is 0 Å². The van der Waals surface area contributed by atoms with Crippen molar-refractivity contribution in [2.75, 3.05) is 13.2 Å². The van der Waals surface area contributed by atoms with Gasteiger partial charge in [0.05, 0.1) is 0 Å². The van der Waals surface area contributed by atoms with Gasteiger partial charge in [-0.05, 0) is 96.3 Å². The van der Waals surface area contributed by atoms with Gasteiger partial charge in [-0.3, -0.25) is 14.4 Å². The molecule has 1 atom stereocenters. The third kappa shape index (κ3) is 57.5. The minimum atomic E-state index is -0.820. The van der Waals surface area contributed by atoms with Crippen LogP contribution in [0.1, 0.15) is 213 Å². The number of carbonyl (C=O) groups excluding carboxylic acids is 3. The molecule has 0 saturated carbocycles. The van der Waals surface area contributed by atoms with Crippen molar-refractivity contribution in [2.45, 2.75) is 219 Å². The third-order valence-corrected chi connectivity index (χ3v) is 11.4. The fraction of sp³-hybridized carbons (Fsp3) is 0.537. The van der Waals surface area contributed by atoms with Gasteiger partial charge in [0.25, 0.3) is 0 Å². The Morgan fingerprint density at radius 2 is 0.589 bits per heavy atom. The van der Waals surface area contributed by atoms with Gasteiger partial charge < -0.3 is 14.2 Å². The Balaban J connectivity index is 4.58. The monoisotopic (exact) mass is 1000 g/mol. The molecule has 0 N–H and O–H groups in total. The van der Waals surface area contributed by atoms with Gasteiger partial charge in [0.1, 0.15) is 13.2 Å². The Morgan fingerprint density at radius 1 is 0.301 bits per heavy atom. The second-order valence-electron chi connectivity index (χ2n) is 18.4. The maximum atomic E-state index is 12.9. The van der Waals surface area contributed by atoms with Crippen LogP contribution in [0.15, 0.2) is 170 Å². The minimum Gasteiger partial charge on any atom is -0.462 e. The van der Waals surface area contributed by atoms with Crippen LogP contribution in [-0.4, -0.2) is 37.2 Å². The van der Waals surface area contributed by atoms with E-state index in [0.717, 1.165) is 148 Å². The molecule has 0 aromatic heterocycles. The van der Waals surface area contributed by atoms with Crippen LogP contribution in [0.3, 0.4) is 0 Å². The zero-order chi connectivity index (χ0) is 52.9. The van der Waals surface area contributed by atoms with Gasteiger partial charge in [-0.25, -0.2) is 0 Å². The highest BCUT2D eigenvalue weighted by atomic mass is 16.6. The van der Waals surface area contributed by atoms with Gasteiger partial charge in [0, 0.05) is 19.3 Å². The van der Waals surface area contributed by atoms with E-state index in [4.69, 9.17) is 14.2 Å². The average Bonchev–Trinajstić information content (AvgIpc) is 3.39. The van der Waals surface area contributed by atoms with E-state index < -0.39 is 6.10 Å². The van der Waals surface area contributed by atoms with E-state index in [1.54, 1.807) is 0 Å². The molecular formula is C67H102O6. The largest absolute Gasteiger partial charge is 0.462 e. The maximum Gasteiger partial charge on any atom is 0.306 e. The molecule has 0 aliphatic carbocycles. The number of esters is 3. The standard InChI is InChI=1S/C67H102O6/c1-4-7-10-13-16-19-22-25-28-31-34-37-39-42-45-48-51-54-57-60-66(69)72-63-64(73-67(70)61-58-55-52-49-46-43-40-36-33-30-27-24-21-18-15-12-9-6-3)62-71-65(68)59-56-53-50-47-44-41-38-35-32-29-26-23-20-17-14-11-8-5-2/h7,10-12,14-21,23-30,32-38,40,64H,4-6,8-9,13,22,31,39,41-63H2,1-3H3/b10-7-,14-11-,15-12-,19-16-,20-17-,21-18-,26-23-,27-24-,28-25-,32-29-,33-30-,37-34-,38-35-,40-36-. The summed E-state index contributed by atoms with van der Waals surface area (Å²) in [7, 11) is 0. The predicted molar refractivity (Wildman–Crippen MR) is 315 cm³/mol. The summed E-state index contributed by atoms with van der Waals surface area (Å²) < 4.78 is 16.8. The number of allylic oxidation sites excluding steroid dienone is 28. The fourth-order valence-electron chi connectivity index (χ4n) is 7.14. The Kier molecular flexibility index (Phi) is 55.1. The molecule has 0 fully saturated rings. The summed E-state index contributed by atoms with van der Waals surface area (Å²) in [4.78, 5) is 38.2. The lowest BCUT2D eigenvalue weighted by molar-refractivity contribution is -0.167. The van der Waals surface area contributed by atoms with E-state index in [9.17, 15) is 14.4 Å². The lowest BCUT2D eigenvalue weighted by Gasteiger charge is -2.18. The molecule has 0 aliphatic rings. The smallest absolute Gasteiger partial charge is 0.306 e. The number of ether oxygens (including phenoxy) is 3. The van der Waals surface area contributed by atoms with Gasteiger partial charge in [0.2, 0.25) is 0 Å². The number of rotatable bonds is 49. The number of unbranched alkanes of at least 4 members (excludes halogenated alkanes) is 18. The highest BCUT2D eigenvalue weighted by Crippen LogP contribution is 2.13. The van der Waals surface area contributed by atoms with E-state index in [-0.39, 0.29) is 37.5 Å². The molecule has 1 unspecified atom stereocenters. The van der Waals surface area contributed by atoms with E-state index in [0.29, 0.717) is 12.8 Å². The lowest BCUT2D eigenvalue weighted by Crippen LogP contribution is -2.30. The van der Waals surface area contributed by atoms with Crippen molar-refractivity contribution in [3.05, 3.63) is 170 Å². The van der Waals surface area contributed by atoms with Crippen LogP contribution >= 0.6 is 0 Å². The molecule has 0 bridgehead atoms. The second kappa shape index (κ2) is 59.3. The lowest BCUT2D eigenvalue weighted by atomic mass is 10.1. The van der Waals surface area contributed by atoms with Crippen molar-refractivity contribution >= 4 is 17.9 Å². The molecule has 6 heteroatoms. The highest BCUT2D eigenvalue weighted by Gasteiger charge is 2.19. The minimum absolute atomic E-state index is 0.114. The zero-order valence-corrected chi connectivity index (χ0v) is 46.3. The molecule has 6 nitrogen and oxygen atoms in total. The van der Waals surface area contributed by atoms with Crippen LogP contribution < -0.4 is 0 Å². The van der Waals surface area contributed by atoms with Crippen LogP contribution in [0.25, 0.3) is 0 Å². The summed E-state index contributed by atoms with van der Waals surface area (Å²) in [5, 5.41) is 0. The van der Waals surface area contributed by atoms with Crippen molar-refractivity contribution in [1.29, 1.82) is 0 Å². The molecule has 406 valence electrons. The van der Waals surface area contributed by atoms with Gasteiger partial charge in [0.15, 0.2) is 6.10 Å². The summed E-state index contributed by atoms with van der Waals surface area (Å²) in [6.07, 6.45) is 87.5. The molecule has 0 aliphatic heterocycles. The van der Waals surface area contributed by atoms with Crippen LogP contribution in [0.4, 0.5) is 0 Å². The Hall–Kier alpha value is -5.23. The average molecular weight is 1000 g/mol. The number of carbonyl (C=O) groups is 3. The van der Waals surface area contributed by atoms with E-state index in [2.05, 4.69) is 118 Å². The summed E-state index contributed by atoms with van der Waals surface area (Å²) in [5.41, 5.74) is 0. The molecule has 0 saturated heterocycles. The summed E-state index contributed by atoms with van der Waals surface area (Å²) in [5.74, 6) is -0.987. The summed E-state index contributed by atoms with van der Waals surface area (Å²) in [6.45, 7) is 6.28. The zero-order valence-electron chi connectivity index (χ0n) is 46.3. The van der Waals surface area contributed by atoms with Gasteiger partial charge >= 0.3 is 17.9 Å². The van der Waals surface area contributed by atoms with Gasteiger partial charge in [-0.15, -0.1) is 0 Å². The van der Waals surface area contributed by atoms with Crippen molar-refractivity contribution in [1.82, 2.24) is 0 Å². The van der Waals surface area contributed by atoms with Crippen molar-refractivity contribution in [2.24, 2.45) is 0 Å². The molecule has 0 aromatic carbocycles. The Morgan fingerprint density at radius 3 is 0.959 bits per heavy atom. The summed E-state index contributed by atoms with van der Waals surface area (Å²) >= 11 is 0. The topological polar surface area (TPSA) is 78.9 Å². The maximum absolute atomic E-state index is 12.9.